The third-order valence-corrected chi connectivity index (χ3v) is 5.30. The maximum atomic E-state index is 12.7. The fraction of sp³-hybridized carbons (Fsp3) is 0.174. The lowest BCUT2D eigenvalue weighted by atomic mass is 10.1. The van der Waals surface area contributed by atoms with E-state index in [9.17, 15) is 4.79 Å². The van der Waals surface area contributed by atoms with E-state index in [0.717, 1.165) is 27.0 Å². The van der Waals surface area contributed by atoms with Crippen LogP contribution in [0.15, 0.2) is 71.5 Å². The fourth-order valence-corrected chi connectivity index (χ4v) is 3.58. The van der Waals surface area contributed by atoms with Gasteiger partial charge in [0.2, 0.25) is 0 Å². The van der Waals surface area contributed by atoms with E-state index in [4.69, 9.17) is 0 Å². The van der Waals surface area contributed by atoms with Crippen molar-refractivity contribution in [3.8, 4) is 0 Å². The lowest BCUT2D eigenvalue weighted by molar-refractivity contribution is 0.102. The van der Waals surface area contributed by atoms with Crippen molar-refractivity contribution in [1.29, 1.82) is 0 Å². The highest BCUT2D eigenvalue weighted by Gasteiger charge is 2.10. The summed E-state index contributed by atoms with van der Waals surface area (Å²) in [5.41, 5.74) is 5.52. The Morgan fingerprint density at radius 2 is 1.83 bits per heavy atom. The van der Waals surface area contributed by atoms with Crippen LogP contribution < -0.4 is 5.32 Å². The van der Waals surface area contributed by atoms with Crippen molar-refractivity contribution >= 4 is 27.5 Å². The summed E-state index contributed by atoms with van der Waals surface area (Å²) in [6, 6.07) is 17.7. The predicted octanol–water partition coefficient (Wildman–Crippen LogP) is 4.81. The zero-order valence-corrected chi connectivity index (χ0v) is 18.4. The summed E-state index contributed by atoms with van der Waals surface area (Å²) in [6.07, 6.45) is 3.50. The first-order valence-electron chi connectivity index (χ1n) is 9.64. The van der Waals surface area contributed by atoms with Crippen LogP contribution in [-0.2, 0) is 13.1 Å². The van der Waals surface area contributed by atoms with Crippen molar-refractivity contribution in [2.45, 2.75) is 26.9 Å². The van der Waals surface area contributed by atoms with Gasteiger partial charge in [0.1, 0.15) is 0 Å². The van der Waals surface area contributed by atoms with Crippen molar-refractivity contribution < 1.29 is 4.79 Å². The lowest BCUT2D eigenvalue weighted by Crippen LogP contribution is -2.12. The Hall–Kier alpha value is -3.19. The minimum Gasteiger partial charge on any atom is -0.319 e. The summed E-state index contributed by atoms with van der Waals surface area (Å²) < 4.78 is 4.79. The molecule has 2 heterocycles. The second-order valence-corrected chi connectivity index (χ2v) is 8.21. The fourth-order valence-electron chi connectivity index (χ4n) is 3.31. The molecule has 0 unspecified atom stereocenters. The second-order valence-electron chi connectivity index (χ2n) is 7.29. The van der Waals surface area contributed by atoms with Crippen molar-refractivity contribution in [2.24, 2.45) is 0 Å². The Morgan fingerprint density at radius 3 is 2.57 bits per heavy atom. The number of hydrogen-bond acceptors (Lipinski definition) is 3. The zero-order valence-electron chi connectivity index (χ0n) is 16.8. The summed E-state index contributed by atoms with van der Waals surface area (Å²) in [7, 11) is 0. The van der Waals surface area contributed by atoms with Gasteiger partial charge in [-0.1, -0.05) is 40.2 Å². The molecule has 0 aliphatic heterocycles. The van der Waals surface area contributed by atoms with Gasteiger partial charge in [-0.2, -0.15) is 10.2 Å². The van der Waals surface area contributed by atoms with Crippen LogP contribution in [0.3, 0.4) is 0 Å². The van der Waals surface area contributed by atoms with Gasteiger partial charge in [0, 0.05) is 21.9 Å². The van der Waals surface area contributed by atoms with Gasteiger partial charge in [-0.05, 0) is 55.3 Å². The predicted molar refractivity (Wildman–Crippen MR) is 121 cm³/mol. The van der Waals surface area contributed by atoms with Crippen LogP contribution >= 0.6 is 15.9 Å². The van der Waals surface area contributed by atoms with Crippen LogP contribution in [0.2, 0.25) is 0 Å². The van der Waals surface area contributed by atoms with Crippen molar-refractivity contribution in [3.05, 3.63) is 99.5 Å². The summed E-state index contributed by atoms with van der Waals surface area (Å²) in [4.78, 5) is 12.7. The lowest BCUT2D eigenvalue weighted by Gasteiger charge is -2.07. The molecular formula is C23H22BrN5O. The molecule has 0 spiro atoms. The number of rotatable bonds is 6. The number of anilines is 1. The molecule has 1 N–H and O–H groups in total. The van der Waals surface area contributed by atoms with Gasteiger partial charge in [-0.3, -0.25) is 14.2 Å². The number of aromatic nitrogens is 4. The molecule has 0 radical (unpaired) electrons. The molecule has 4 aromatic rings. The van der Waals surface area contributed by atoms with Gasteiger partial charge in [-0.25, -0.2) is 0 Å². The highest BCUT2D eigenvalue weighted by molar-refractivity contribution is 9.10. The molecule has 7 heteroatoms. The van der Waals surface area contributed by atoms with Crippen molar-refractivity contribution in [1.82, 2.24) is 19.6 Å². The molecule has 1 amide bonds. The number of nitrogens with zero attached hydrogens (tertiary/aromatic N) is 4. The van der Waals surface area contributed by atoms with E-state index in [2.05, 4.69) is 31.4 Å². The average molecular weight is 464 g/mol. The first kappa shape index (κ1) is 20.1. The number of benzene rings is 2. The second kappa shape index (κ2) is 8.67. The van der Waals surface area contributed by atoms with Gasteiger partial charge >= 0.3 is 0 Å². The number of halogens is 1. The van der Waals surface area contributed by atoms with E-state index in [-0.39, 0.29) is 5.91 Å². The molecule has 4 rings (SSSR count). The average Bonchev–Trinajstić information content (AvgIpc) is 3.29. The highest BCUT2D eigenvalue weighted by atomic mass is 79.9. The zero-order chi connectivity index (χ0) is 21.1. The summed E-state index contributed by atoms with van der Waals surface area (Å²) in [5.74, 6) is -0.159. The molecule has 0 fully saturated rings. The van der Waals surface area contributed by atoms with E-state index in [0.29, 0.717) is 24.3 Å². The minimum atomic E-state index is -0.159. The van der Waals surface area contributed by atoms with Gasteiger partial charge < -0.3 is 5.32 Å². The van der Waals surface area contributed by atoms with E-state index in [1.54, 1.807) is 10.9 Å². The van der Waals surface area contributed by atoms with E-state index in [1.807, 2.05) is 79.3 Å². The van der Waals surface area contributed by atoms with Crippen LogP contribution in [-0.4, -0.2) is 25.5 Å². The number of nitrogens with one attached hydrogen (secondary N) is 1. The number of aryl methyl sites for hydroxylation is 2. The number of hydrogen-bond donors (Lipinski definition) is 1. The largest absolute Gasteiger partial charge is 0.319 e. The maximum Gasteiger partial charge on any atom is 0.255 e. The van der Waals surface area contributed by atoms with Gasteiger partial charge in [-0.15, -0.1) is 0 Å². The van der Waals surface area contributed by atoms with Crippen molar-refractivity contribution in [3.63, 3.8) is 0 Å². The highest BCUT2D eigenvalue weighted by Crippen LogP contribution is 2.15. The molecular weight excluding hydrogens is 442 g/mol. The third kappa shape index (κ3) is 4.86. The molecule has 0 aliphatic carbocycles. The Bertz CT molecular complexity index is 1180. The standard InChI is InChI=1S/C23H22BrN5O/c1-16-10-17(2)29(27-16)14-19-4-3-5-20(11-19)23(30)26-22-12-25-28(15-22)13-18-6-8-21(24)9-7-18/h3-12,15H,13-14H2,1-2H3,(H,26,30). The Morgan fingerprint density at radius 1 is 1.03 bits per heavy atom. The van der Waals surface area contributed by atoms with Crippen LogP contribution in [0.1, 0.15) is 32.9 Å². The van der Waals surface area contributed by atoms with Crippen molar-refractivity contribution in [2.75, 3.05) is 5.32 Å². The summed E-state index contributed by atoms with van der Waals surface area (Å²) in [5, 5.41) is 11.8. The molecule has 2 aromatic heterocycles. The molecule has 0 saturated heterocycles. The number of carbonyl (C=O) groups excluding carboxylic acids is 1. The van der Waals surface area contributed by atoms with Gasteiger partial charge in [0.05, 0.1) is 30.7 Å². The SMILES string of the molecule is Cc1cc(C)n(Cc2cccc(C(=O)Nc3cnn(Cc4ccc(Br)cc4)c3)c2)n1. The Balaban J connectivity index is 1.42. The van der Waals surface area contributed by atoms with E-state index >= 15 is 0 Å². The van der Waals surface area contributed by atoms with E-state index in [1.165, 1.54) is 0 Å². The smallest absolute Gasteiger partial charge is 0.255 e. The molecule has 152 valence electrons. The Kier molecular flexibility index (Phi) is 5.81. The Labute approximate surface area is 183 Å². The first-order chi connectivity index (χ1) is 14.5. The summed E-state index contributed by atoms with van der Waals surface area (Å²) in [6.45, 7) is 5.28. The summed E-state index contributed by atoms with van der Waals surface area (Å²) >= 11 is 3.44. The van der Waals surface area contributed by atoms with Crippen LogP contribution in [0, 0.1) is 13.8 Å². The topological polar surface area (TPSA) is 64.7 Å². The molecule has 30 heavy (non-hydrogen) atoms. The molecule has 0 bridgehead atoms. The van der Waals surface area contributed by atoms with Gasteiger partial charge in [0.15, 0.2) is 0 Å². The maximum absolute atomic E-state index is 12.7. The third-order valence-electron chi connectivity index (χ3n) is 4.77. The molecule has 0 saturated carbocycles. The van der Waals surface area contributed by atoms with Gasteiger partial charge in [0.25, 0.3) is 5.91 Å². The molecule has 0 atom stereocenters. The minimum absolute atomic E-state index is 0.159. The first-order valence-corrected chi connectivity index (χ1v) is 10.4. The number of amides is 1. The number of carbonyl (C=O) groups is 1. The van der Waals surface area contributed by atoms with Crippen LogP contribution in [0.5, 0.6) is 0 Å². The normalized spacial score (nSPS) is 10.9. The molecule has 0 aliphatic rings. The quantitative estimate of drug-likeness (QED) is 0.446. The van der Waals surface area contributed by atoms with Crippen LogP contribution in [0.25, 0.3) is 0 Å². The monoisotopic (exact) mass is 463 g/mol. The van der Waals surface area contributed by atoms with Crippen LogP contribution in [0.4, 0.5) is 5.69 Å². The molecule has 2 aromatic carbocycles. The molecule has 6 nitrogen and oxygen atoms in total. The van der Waals surface area contributed by atoms with E-state index < -0.39 is 0 Å².